The first-order valence-corrected chi connectivity index (χ1v) is 16.2. The SMILES string of the molecule is CC(C)(C)[C@]1(C(=O)N2CCCCC2CCn2ccnc2)CN([C@H]2c3ccc(Cl)cc3CCc3cccnc32)CCN1C(=O)O. The number of nitrogens with zero attached hydrogens (tertiary/aromatic N) is 6. The zero-order valence-electron chi connectivity index (χ0n) is 26.0. The number of hydrogen-bond acceptors (Lipinski definition) is 5. The lowest BCUT2D eigenvalue weighted by Crippen LogP contribution is -2.76. The molecule has 6 rings (SSSR count). The molecule has 2 fully saturated rings. The predicted molar refractivity (Wildman–Crippen MR) is 170 cm³/mol. The van der Waals surface area contributed by atoms with Crippen LogP contribution in [0.15, 0.2) is 55.2 Å². The van der Waals surface area contributed by atoms with Crippen molar-refractivity contribution in [3.05, 3.63) is 82.7 Å². The average molecular weight is 619 g/mol. The minimum absolute atomic E-state index is 0.0343. The van der Waals surface area contributed by atoms with Crippen LogP contribution in [0, 0.1) is 5.41 Å². The van der Waals surface area contributed by atoms with E-state index in [0.29, 0.717) is 18.1 Å². The van der Waals surface area contributed by atoms with Gasteiger partial charge >= 0.3 is 6.09 Å². The maximum atomic E-state index is 15.2. The van der Waals surface area contributed by atoms with Gasteiger partial charge in [-0.15, -0.1) is 0 Å². The van der Waals surface area contributed by atoms with E-state index in [0.717, 1.165) is 56.3 Å². The summed E-state index contributed by atoms with van der Waals surface area (Å²) in [6, 6.07) is 9.99. The van der Waals surface area contributed by atoms with E-state index in [2.05, 4.69) is 22.0 Å². The van der Waals surface area contributed by atoms with Gasteiger partial charge in [-0.05, 0) is 78.8 Å². The highest BCUT2D eigenvalue weighted by Crippen LogP contribution is 2.46. The molecule has 0 bridgehead atoms. The number of pyridine rings is 1. The van der Waals surface area contributed by atoms with Gasteiger partial charge in [-0.3, -0.25) is 19.6 Å². The van der Waals surface area contributed by atoms with Gasteiger partial charge in [0, 0.05) is 62.4 Å². The van der Waals surface area contributed by atoms with E-state index in [9.17, 15) is 9.90 Å². The maximum absolute atomic E-state index is 15.2. The first-order chi connectivity index (χ1) is 21.1. The number of piperazine rings is 1. The zero-order chi connectivity index (χ0) is 31.1. The molecule has 234 valence electrons. The Morgan fingerprint density at radius 2 is 1.89 bits per heavy atom. The molecule has 3 atom stereocenters. The van der Waals surface area contributed by atoms with Crippen LogP contribution in [0.25, 0.3) is 0 Å². The number of rotatable bonds is 5. The Kier molecular flexibility index (Phi) is 8.46. The molecule has 10 heteroatoms. The highest BCUT2D eigenvalue weighted by molar-refractivity contribution is 6.30. The number of imidazole rings is 1. The van der Waals surface area contributed by atoms with E-state index in [-0.39, 0.29) is 31.1 Å². The van der Waals surface area contributed by atoms with Gasteiger partial charge in [-0.25, -0.2) is 9.78 Å². The van der Waals surface area contributed by atoms with Crippen molar-refractivity contribution >= 4 is 23.6 Å². The third-order valence-electron chi connectivity index (χ3n) is 10.1. The number of aromatic nitrogens is 3. The van der Waals surface area contributed by atoms with E-state index in [4.69, 9.17) is 16.6 Å². The summed E-state index contributed by atoms with van der Waals surface area (Å²) in [5, 5.41) is 11.4. The number of halogens is 1. The Labute approximate surface area is 264 Å². The number of likely N-dealkylation sites (tertiary alicyclic amines) is 1. The smallest absolute Gasteiger partial charge is 0.408 e. The minimum atomic E-state index is -1.30. The Balaban J connectivity index is 1.42. The van der Waals surface area contributed by atoms with E-state index in [1.165, 1.54) is 16.0 Å². The lowest BCUT2D eigenvalue weighted by molar-refractivity contribution is -0.163. The van der Waals surface area contributed by atoms with Crippen molar-refractivity contribution in [1.29, 1.82) is 0 Å². The number of fused-ring (bicyclic) bond motifs is 2. The highest BCUT2D eigenvalue weighted by atomic mass is 35.5. The monoisotopic (exact) mass is 618 g/mol. The molecule has 1 N–H and O–H groups in total. The fourth-order valence-electron chi connectivity index (χ4n) is 7.78. The summed E-state index contributed by atoms with van der Waals surface area (Å²) in [4.78, 5) is 43.1. The van der Waals surface area contributed by atoms with Crippen LogP contribution in [0.4, 0.5) is 4.79 Å². The Morgan fingerprint density at radius 1 is 1.07 bits per heavy atom. The molecule has 1 aliphatic carbocycles. The van der Waals surface area contributed by atoms with Crippen molar-refractivity contribution in [1.82, 2.24) is 29.2 Å². The lowest BCUT2D eigenvalue weighted by Gasteiger charge is -2.58. The molecule has 3 aromatic rings. The van der Waals surface area contributed by atoms with Gasteiger partial charge in [0.25, 0.3) is 5.91 Å². The number of hydrogen-bond donors (Lipinski definition) is 1. The van der Waals surface area contributed by atoms with Crippen LogP contribution < -0.4 is 0 Å². The Morgan fingerprint density at radius 3 is 2.64 bits per heavy atom. The zero-order valence-corrected chi connectivity index (χ0v) is 26.7. The first kappa shape index (κ1) is 30.6. The highest BCUT2D eigenvalue weighted by Gasteiger charge is 2.60. The van der Waals surface area contributed by atoms with Gasteiger partial charge in [-0.1, -0.05) is 44.5 Å². The van der Waals surface area contributed by atoms with E-state index >= 15 is 4.79 Å². The van der Waals surface area contributed by atoms with Gasteiger partial charge in [0.2, 0.25) is 0 Å². The van der Waals surface area contributed by atoms with Crippen LogP contribution in [0.5, 0.6) is 0 Å². The molecule has 2 aromatic heterocycles. The molecule has 2 amide bonds. The fourth-order valence-corrected chi connectivity index (χ4v) is 7.97. The summed E-state index contributed by atoms with van der Waals surface area (Å²) >= 11 is 6.48. The second-order valence-corrected chi connectivity index (χ2v) is 14.0. The van der Waals surface area contributed by atoms with Crippen LogP contribution in [0.3, 0.4) is 0 Å². The molecular formula is C34H43ClN6O3. The summed E-state index contributed by atoms with van der Waals surface area (Å²) in [7, 11) is 0. The standard InChI is InChI=1S/C34H43ClN6O3/c1-33(2,3)34(31(42)40-16-5-4-8-27(40)13-17-38-18-15-36-23-38)22-39(19-20-41(34)32(43)44)30-28-12-11-26(35)21-25(28)10-9-24-7-6-14-37-29(24)30/h6-7,11-12,14-15,18,21,23,27,30H,4-5,8-10,13,16-17,19-20,22H2,1-3H3,(H,43,44)/t27?,30-,34+/m0/s1. The largest absolute Gasteiger partial charge is 0.465 e. The van der Waals surface area contributed by atoms with Gasteiger partial charge in [-0.2, -0.15) is 0 Å². The van der Waals surface area contributed by atoms with Crippen molar-refractivity contribution in [3.8, 4) is 0 Å². The number of carboxylic acid groups (broad SMARTS) is 1. The molecule has 0 spiro atoms. The lowest BCUT2D eigenvalue weighted by atomic mass is 9.69. The molecule has 2 saturated heterocycles. The Hall–Kier alpha value is -3.43. The number of piperidine rings is 1. The van der Waals surface area contributed by atoms with Crippen molar-refractivity contribution in [2.75, 3.05) is 26.2 Å². The predicted octanol–water partition coefficient (Wildman–Crippen LogP) is 5.67. The first-order valence-electron chi connectivity index (χ1n) is 15.8. The maximum Gasteiger partial charge on any atom is 0.408 e. The molecule has 1 unspecified atom stereocenters. The topological polar surface area (TPSA) is 94.8 Å². The number of carbonyl (C=O) groups is 2. The van der Waals surface area contributed by atoms with Crippen molar-refractivity contribution in [3.63, 3.8) is 0 Å². The van der Waals surface area contributed by atoms with Crippen molar-refractivity contribution in [2.24, 2.45) is 5.41 Å². The molecular weight excluding hydrogens is 576 g/mol. The molecule has 1 aromatic carbocycles. The van der Waals surface area contributed by atoms with Crippen LogP contribution in [0.1, 0.15) is 74.9 Å². The molecule has 3 aliphatic rings. The average Bonchev–Trinajstić information content (AvgIpc) is 3.47. The second kappa shape index (κ2) is 12.2. The normalized spacial score (nSPS) is 24.4. The molecule has 4 heterocycles. The van der Waals surface area contributed by atoms with Crippen molar-refractivity contribution in [2.45, 2.75) is 83.5 Å². The van der Waals surface area contributed by atoms with Gasteiger partial charge in [0.15, 0.2) is 0 Å². The van der Waals surface area contributed by atoms with Gasteiger partial charge in [0.05, 0.1) is 18.1 Å². The molecule has 0 saturated carbocycles. The minimum Gasteiger partial charge on any atom is -0.465 e. The summed E-state index contributed by atoms with van der Waals surface area (Å²) in [6.45, 7) is 8.43. The number of benzene rings is 1. The second-order valence-electron chi connectivity index (χ2n) is 13.5. The quantitative estimate of drug-likeness (QED) is 0.396. The van der Waals surface area contributed by atoms with Crippen LogP contribution >= 0.6 is 11.6 Å². The van der Waals surface area contributed by atoms with Crippen LogP contribution in [0.2, 0.25) is 5.02 Å². The third-order valence-corrected chi connectivity index (χ3v) is 10.3. The molecule has 44 heavy (non-hydrogen) atoms. The third kappa shape index (κ3) is 5.49. The molecule has 9 nitrogen and oxygen atoms in total. The van der Waals surface area contributed by atoms with Crippen LogP contribution in [-0.4, -0.2) is 84.1 Å². The molecule has 2 aliphatic heterocycles. The summed E-state index contributed by atoms with van der Waals surface area (Å²) in [5.41, 5.74) is 2.47. The summed E-state index contributed by atoms with van der Waals surface area (Å²) in [6.07, 6.45) is 11.7. The van der Waals surface area contributed by atoms with E-state index in [1.54, 1.807) is 12.5 Å². The number of carbonyl (C=O) groups excluding carboxylic acids is 1. The summed E-state index contributed by atoms with van der Waals surface area (Å²) < 4.78 is 2.04. The summed E-state index contributed by atoms with van der Waals surface area (Å²) in [5.74, 6) is -0.0846. The van der Waals surface area contributed by atoms with Gasteiger partial charge < -0.3 is 14.6 Å². The number of amides is 2. The van der Waals surface area contributed by atoms with Crippen LogP contribution in [-0.2, 0) is 24.2 Å². The van der Waals surface area contributed by atoms with Gasteiger partial charge in [0.1, 0.15) is 5.54 Å². The Bertz CT molecular complexity index is 1500. The molecule has 0 radical (unpaired) electrons. The van der Waals surface area contributed by atoms with Crippen molar-refractivity contribution < 1.29 is 14.7 Å². The van der Waals surface area contributed by atoms with E-state index < -0.39 is 17.0 Å². The fraction of sp³-hybridized carbons (Fsp3) is 0.529. The number of aryl methyl sites for hydroxylation is 3. The van der Waals surface area contributed by atoms with E-state index in [1.807, 2.05) is 60.8 Å².